The highest BCUT2D eigenvalue weighted by atomic mass is 79.9. The van der Waals surface area contributed by atoms with Crippen molar-refractivity contribution in [1.82, 2.24) is 9.55 Å². The summed E-state index contributed by atoms with van der Waals surface area (Å²) in [5, 5.41) is 9.26. The molecule has 0 aliphatic heterocycles. The van der Waals surface area contributed by atoms with Crippen LogP contribution in [0.1, 0.15) is 0 Å². The Morgan fingerprint density at radius 3 is 2.74 bits per heavy atom. The standard InChI is InChI=1S/C14H10BrFN2O/c1-18-13-5-2-8(15)6-12(13)17-14(18)10-4-3-9(19)7-11(10)16/h2-7,19H,1H3. The van der Waals surface area contributed by atoms with Gasteiger partial charge in [0, 0.05) is 17.6 Å². The first kappa shape index (κ1) is 12.2. The van der Waals surface area contributed by atoms with E-state index in [4.69, 9.17) is 0 Å². The normalized spacial score (nSPS) is 11.1. The van der Waals surface area contributed by atoms with Crippen molar-refractivity contribution in [1.29, 1.82) is 0 Å². The average molecular weight is 321 g/mol. The van der Waals surface area contributed by atoms with Gasteiger partial charge in [-0.1, -0.05) is 15.9 Å². The molecule has 96 valence electrons. The lowest BCUT2D eigenvalue weighted by Crippen LogP contribution is -1.94. The van der Waals surface area contributed by atoms with Crippen molar-refractivity contribution in [2.24, 2.45) is 7.05 Å². The van der Waals surface area contributed by atoms with Crippen LogP contribution in [0.25, 0.3) is 22.4 Å². The zero-order valence-corrected chi connectivity index (χ0v) is 11.6. The van der Waals surface area contributed by atoms with E-state index in [1.165, 1.54) is 12.1 Å². The van der Waals surface area contributed by atoms with Crippen molar-refractivity contribution in [2.45, 2.75) is 0 Å². The molecule has 0 unspecified atom stereocenters. The van der Waals surface area contributed by atoms with E-state index in [0.717, 1.165) is 21.6 Å². The van der Waals surface area contributed by atoms with Crippen molar-refractivity contribution in [2.75, 3.05) is 0 Å². The maximum Gasteiger partial charge on any atom is 0.143 e. The molecule has 1 heterocycles. The minimum atomic E-state index is -0.488. The van der Waals surface area contributed by atoms with Gasteiger partial charge < -0.3 is 9.67 Å². The largest absolute Gasteiger partial charge is 0.508 e. The minimum absolute atomic E-state index is 0.0947. The zero-order chi connectivity index (χ0) is 13.6. The number of aryl methyl sites for hydroxylation is 1. The van der Waals surface area contributed by atoms with Crippen LogP contribution in [0.5, 0.6) is 5.75 Å². The topological polar surface area (TPSA) is 38.0 Å². The smallest absolute Gasteiger partial charge is 0.143 e. The van der Waals surface area contributed by atoms with Gasteiger partial charge in [-0.25, -0.2) is 9.37 Å². The Kier molecular flexibility index (Phi) is 2.78. The molecule has 1 N–H and O–H groups in total. The number of phenols is 1. The number of halogens is 2. The molecule has 0 fully saturated rings. The number of benzene rings is 2. The van der Waals surface area contributed by atoms with Crippen LogP contribution in [0.4, 0.5) is 4.39 Å². The van der Waals surface area contributed by atoms with Gasteiger partial charge in [0.05, 0.1) is 16.6 Å². The SMILES string of the molecule is Cn1c(-c2ccc(O)cc2F)nc2cc(Br)ccc21. The van der Waals surface area contributed by atoms with E-state index in [9.17, 15) is 9.50 Å². The number of hydrogen-bond donors (Lipinski definition) is 1. The van der Waals surface area contributed by atoms with Crippen molar-refractivity contribution < 1.29 is 9.50 Å². The monoisotopic (exact) mass is 320 g/mol. The fourth-order valence-electron chi connectivity index (χ4n) is 2.10. The lowest BCUT2D eigenvalue weighted by atomic mass is 10.2. The second-order valence-corrected chi connectivity index (χ2v) is 5.21. The van der Waals surface area contributed by atoms with Crippen molar-refractivity contribution >= 4 is 27.0 Å². The maximum absolute atomic E-state index is 13.9. The zero-order valence-electron chi connectivity index (χ0n) is 10.1. The van der Waals surface area contributed by atoms with Crippen molar-refractivity contribution in [3.63, 3.8) is 0 Å². The number of fused-ring (bicyclic) bond motifs is 1. The van der Waals surface area contributed by atoms with Crippen LogP contribution in [0.15, 0.2) is 40.9 Å². The number of nitrogens with zero attached hydrogens (tertiary/aromatic N) is 2. The summed E-state index contributed by atoms with van der Waals surface area (Å²) >= 11 is 3.39. The molecule has 3 nitrogen and oxygen atoms in total. The van der Waals surface area contributed by atoms with Gasteiger partial charge in [0.2, 0.25) is 0 Å². The Morgan fingerprint density at radius 2 is 2.00 bits per heavy atom. The number of aromatic hydroxyl groups is 1. The number of hydrogen-bond acceptors (Lipinski definition) is 2. The summed E-state index contributed by atoms with van der Waals surface area (Å²) in [7, 11) is 1.84. The first-order valence-corrected chi connectivity index (χ1v) is 6.46. The molecule has 0 saturated heterocycles. The third-order valence-corrected chi connectivity index (χ3v) is 3.53. The third-order valence-electron chi connectivity index (χ3n) is 3.04. The number of aromatic nitrogens is 2. The maximum atomic E-state index is 13.9. The van der Waals surface area contributed by atoms with Crippen LogP contribution in [-0.2, 0) is 7.05 Å². The minimum Gasteiger partial charge on any atom is -0.508 e. The average Bonchev–Trinajstić information content (AvgIpc) is 2.66. The van der Waals surface area contributed by atoms with E-state index in [-0.39, 0.29) is 5.75 Å². The summed E-state index contributed by atoms with van der Waals surface area (Å²) in [4.78, 5) is 4.45. The molecule has 2 aromatic carbocycles. The molecule has 0 atom stereocenters. The summed E-state index contributed by atoms with van der Waals surface area (Å²) in [6.07, 6.45) is 0. The van der Waals surface area contributed by atoms with E-state index < -0.39 is 5.82 Å². The highest BCUT2D eigenvalue weighted by Gasteiger charge is 2.14. The van der Waals surface area contributed by atoms with Crippen molar-refractivity contribution in [3.8, 4) is 17.1 Å². The summed E-state index contributed by atoms with van der Waals surface area (Å²) in [6.45, 7) is 0. The molecule has 0 aliphatic rings. The van der Waals surface area contributed by atoms with E-state index in [1.54, 1.807) is 0 Å². The van der Waals surface area contributed by atoms with E-state index in [1.807, 2.05) is 29.8 Å². The van der Waals surface area contributed by atoms with Gasteiger partial charge in [-0.2, -0.15) is 0 Å². The molecule has 0 saturated carbocycles. The Morgan fingerprint density at radius 1 is 1.21 bits per heavy atom. The molecule has 19 heavy (non-hydrogen) atoms. The van der Waals surface area contributed by atoms with Gasteiger partial charge in [-0.3, -0.25) is 0 Å². The predicted octanol–water partition coefficient (Wildman–Crippen LogP) is 3.85. The van der Waals surface area contributed by atoms with Crippen molar-refractivity contribution in [3.05, 3.63) is 46.7 Å². The first-order valence-electron chi connectivity index (χ1n) is 5.67. The van der Waals surface area contributed by atoms with Crippen LogP contribution >= 0.6 is 15.9 Å². The second-order valence-electron chi connectivity index (χ2n) is 4.29. The van der Waals surface area contributed by atoms with Gasteiger partial charge in [-0.05, 0) is 30.3 Å². The Balaban J connectivity index is 2.27. The molecule has 3 aromatic rings. The van der Waals surface area contributed by atoms with Crippen LogP contribution in [-0.4, -0.2) is 14.7 Å². The molecule has 5 heteroatoms. The molecule has 0 aliphatic carbocycles. The molecular formula is C14H10BrFN2O. The highest BCUT2D eigenvalue weighted by molar-refractivity contribution is 9.10. The third kappa shape index (κ3) is 2.00. The predicted molar refractivity (Wildman–Crippen MR) is 75.5 cm³/mol. The first-order chi connectivity index (χ1) is 9.06. The molecule has 0 radical (unpaired) electrons. The van der Waals surface area contributed by atoms with Crippen LogP contribution in [0, 0.1) is 5.82 Å². The number of imidazole rings is 1. The Hall–Kier alpha value is -1.88. The van der Waals surface area contributed by atoms with Crippen LogP contribution < -0.4 is 0 Å². The van der Waals surface area contributed by atoms with E-state index in [0.29, 0.717) is 11.4 Å². The molecular weight excluding hydrogens is 311 g/mol. The lowest BCUT2D eigenvalue weighted by molar-refractivity contribution is 0.469. The Labute approximate surface area is 117 Å². The summed E-state index contributed by atoms with van der Waals surface area (Å²) < 4.78 is 16.7. The lowest BCUT2D eigenvalue weighted by Gasteiger charge is -2.04. The Bertz CT molecular complexity index is 782. The summed E-state index contributed by atoms with van der Waals surface area (Å²) in [5.41, 5.74) is 2.08. The van der Waals surface area contributed by atoms with Gasteiger partial charge >= 0.3 is 0 Å². The highest BCUT2D eigenvalue weighted by Crippen LogP contribution is 2.28. The van der Waals surface area contributed by atoms with Gasteiger partial charge in [0.1, 0.15) is 17.4 Å². The van der Waals surface area contributed by atoms with Crippen LogP contribution in [0.3, 0.4) is 0 Å². The van der Waals surface area contributed by atoms with E-state index >= 15 is 0 Å². The fourth-order valence-corrected chi connectivity index (χ4v) is 2.45. The van der Waals surface area contributed by atoms with Gasteiger partial charge in [-0.15, -0.1) is 0 Å². The molecule has 1 aromatic heterocycles. The van der Waals surface area contributed by atoms with Gasteiger partial charge in [0.25, 0.3) is 0 Å². The summed E-state index contributed by atoms with van der Waals surface area (Å²) in [6, 6.07) is 9.80. The summed E-state index contributed by atoms with van der Waals surface area (Å²) in [5.74, 6) is -0.0502. The molecule has 3 rings (SSSR count). The molecule has 0 bridgehead atoms. The number of phenolic OH excluding ortho intramolecular Hbond substituents is 1. The van der Waals surface area contributed by atoms with E-state index in [2.05, 4.69) is 20.9 Å². The molecule has 0 amide bonds. The molecule has 0 spiro atoms. The number of rotatable bonds is 1. The second kappa shape index (κ2) is 4.35. The quantitative estimate of drug-likeness (QED) is 0.739. The van der Waals surface area contributed by atoms with Gasteiger partial charge in [0.15, 0.2) is 0 Å². The fraction of sp³-hybridized carbons (Fsp3) is 0.0714. The van der Waals surface area contributed by atoms with Crippen LogP contribution in [0.2, 0.25) is 0 Å².